The van der Waals surface area contributed by atoms with Gasteiger partial charge in [-0.1, -0.05) is 30.3 Å². The Morgan fingerprint density at radius 2 is 2.05 bits per heavy atom. The van der Waals surface area contributed by atoms with Gasteiger partial charge in [-0.2, -0.15) is 9.78 Å². The first kappa shape index (κ1) is 12.7. The fourth-order valence-electron chi connectivity index (χ4n) is 2.71. The number of nitrogens with one attached hydrogen (secondary N) is 1. The summed E-state index contributed by atoms with van der Waals surface area (Å²) >= 11 is 0. The van der Waals surface area contributed by atoms with Gasteiger partial charge in [0.05, 0.1) is 11.2 Å². The fraction of sp³-hybridized carbons (Fsp3) is 0.333. The molecule has 0 aliphatic heterocycles. The lowest BCUT2D eigenvalue weighted by molar-refractivity contribution is 0.177. The molecule has 20 heavy (non-hydrogen) atoms. The minimum atomic E-state index is -0.273. The zero-order valence-corrected chi connectivity index (χ0v) is 11.5. The molecule has 0 atom stereocenters. The standard InChI is InChI=1S/C15H18N4O/c1-11-10-13(16)19(18-11)14(20)17-15(8-5-9-15)12-6-3-2-4-7-12/h2-4,6-7,10H,5,8-9,16H2,1H3,(H,17,20). The minimum Gasteiger partial charge on any atom is -0.383 e. The van der Waals surface area contributed by atoms with E-state index in [-0.39, 0.29) is 11.6 Å². The Balaban J connectivity index is 1.86. The molecule has 0 unspecified atom stereocenters. The van der Waals surface area contributed by atoms with Crippen molar-refractivity contribution in [2.45, 2.75) is 31.7 Å². The summed E-state index contributed by atoms with van der Waals surface area (Å²) in [5, 5.41) is 7.22. The van der Waals surface area contributed by atoms with Gasteiger partial charge in [-0.05, 0) is 31.7 Å². The largest absolute Gasteiger partial charge is 0.383 e. The lowest BCUT2D eigenvalue weighted by Gasteiger charge is -2.42. The predicted molar refractivity (Wildman–Crippen MR) is 77.3 cm³/mol. The highest BCUT2D eigenvalue weighted by molar-refractivity contribution is 5.80. The molecule has 0 radical (unpaired) electrons. The molecule has 2 aromatic rings. The van der Waals surface area contributed by atoms with Gasteiger partial charge < -0.3 is 11.1 Å². The number of carbonyl (C=O) groups is 1. The van der Waals surface area contributed by atoms with Crippen LogP contribution in [0.1, 0.15) is 30.5 Å². The van der Waals surface area contributed by atoms with Crippen LogP contribution in [0.15, 0.2) is 36.4 Å². The lowest BCUT2D eigenvalue weighted by atomic mass is 9.72. The number of hydrogen-bond donors (Lipinski definition) is 2. The van der Waals surface area contributed by atoms with Crippen molar-refractivity contribution in [1.29, 1.82) is 0 Å². The maximum absolute atomic E-state index is 12.4. The van der Waals surface area contributed by atoms with Crippen LogP contribution in [0.5, 0.6) is 0 Å². The van der Waals surface area contributed by atoms with E-state index in [4.69, 9.17) is 5.73 Å². The number of aryl methyl sites for hydroxylation is 1. The Hall–Kier alpha value is -2.30. The second-order valence-corrected chi connectivity index (χ2v) is 5.35. The van der Waals surface area contributed by atoms with Gasteiger partial charge in [-0.15, -0.1) is 0 Å². The Morgan fingerprint density at radius 3 is 2.55 bits per heavy atom. The molecule has 1 aliphatic carbocycles. The van der Waals surface area contributed by atoms with Crippen LogP contribution >= 0.6 is 0 Å². The van der Waals surface area contributed by atoms with Crippen LogP contribution in [-0.4, -0.2) is 15.8 Å². The normalized spacial score (nSPS) is 16.4. The number of nitrogens with zero attached hydrogens (tertiary/aromatic N) is 2. The Kier molecular flexibility index (Phi) is 2.97. The van der Waals surface area contributed by atoms with Crippen molar-refractivity contribution in [2.24, 2.45) is 0 Å². The average molecular weight is 270 g/mol. The summed E-state index contributed by atoms with van der Waals surface area (Å²) in [4.78, 5) is 12.4. The van der Waals surface area contributed by atoms with Gasteiger partial charge in [-0.3, -0.25) is 0 Å². The Morgan fingerprint density at radius 1 is 1.35 bits per heavy atom. The van der Waals surface area contributed by atoms with Gasteiger partial charge in [-0.25, -0.2) is 4.79 Å². The van der Waals surface area contributed by atoms with Crippen LogP contribution in [-0.2, 0) is 5.54 Å². The van der Waals surface area contributed by atoms with Crippen LogP contribution in [0.3, 0.4) is 0 Å². The van der Waals surface area contributed by atoms with E-state index in [1.54, 1.807) is 6.07 Å². The van der Waals surface area contributed by atoms with Crippen LogP contribution in [0.25, 0.3) is 0 Å². The van der Waals surface area contributed by atoms with E-state index in [0.29, 0.717) is 5.82 Å². The highest BCUT2D eigenvalue weighted by atomic mass is 16.2. The highest BCUT2D eigenvalue weighted by Crippen LogP contribution is 2.41. The second-order valence-electron chi connectivity index (χ2n) is 5.35. The van der Waals surface area contributed by atoms with Crippen LogP contribution in [0, 0.1) is 6.92 Å². The first-order valence-corrected chi connectivity index (χ1v) is 6.81. The van der Waals surface area contributed by atoms with E-state index in [1.807, 2.05) is 25.1 Å². The smallest absolute Gasteiger partial charge is 0.344 e. The van der Waals surface area contributed by atoms with E-state index in [2.05, 4.69) is 22.5 Å². The van der Waals surface area contributed by atoms with Gasteiger partial charge in [0, 0.05) is 6.07 Å². The number of nitrogens with two attached hydrogens (primary N) is 1. The van der Waals surface area contributed by atoms with E-state index >= 15 is 0 Å². The third-order valence-corrected chi connectivity index (χ3v) is 3.93. The molecule has 5 nitrogen and oxygen atoms in total. The number of benzene rings is 1. The van der Waals surface area contributed by atoms with Gasteiger partial charge in [0.2, 0.25) is 0 Å². The summed E-state index contributed by atoms with van der Waals surface area (Å²) in [6, 6.07) is 11.5. The molecule has 1 aromatic heterocycles. The van der Waals surface area contributed by atoms with E-state index < -0.39 is 0 Å². The third kappa shape index (κ3) is 2.05. The number of hydrogen-bond acceptors (Lipinski definition) is 3. The number of anilines is 1. The summed E-state index contributed by atoms with van der Waals surface area (Å²) in [5.41, 5.74) is 7.40. The third-order valence-electron chi connectivity index (χ3n) is 3.93. The maximum atomic E-state index is 12.4. The van der Waals surface area contributed by atoms with Gasteiger partial charge in [0.25, 0.3) is 0 Å². The molecule has 5 heteroatoms. The van der Waals surface area contributed by atoms with Gasteiger partial charge >= 0.3 is 6.03 Å². The molecule has 0 bridgehead atoms. The Bertz CT molecular complexity index is 629. The molecule has 1 saturated carbocycles. The van der Waals surface area contributed by atoms with Crippen molar-refractivity contribution >= 4 is 11.8 Å². The maximum Gasteiger partial charge on any atom is 0.344 e. The monoisotopic (exact) mass is 270 g/mol. The summed E-state index contributed by atoms with van der Waals surface area (Å²) in [7, 11) is 0. The predicted octanol–water partition coefficient (Wildman–Crippen LogP) is 2.41. The first-order valence-electron chi connectivity index (χ1n) is 6.81. The molecule has 3 N–H and O–H groups in total. The molecule has 0 spiro atoms. The molecule has 1 heterocycles. The van der Waals surface area contributed by atoms with Gasteiger partial charge in [0.1, 0.15) is 5.82 Å². The second kappa shape index (κ2) is 4.67. The van der Waals surface area contributed by atoms with E-state index in [9.17, 15) is 4.79 Å². The van der Waals surface area contributed by atoms with Crippen molar-refractivity contribution in [1.82, 2.24) is 15.1 Å². The average Bonchev–Trinajstić information content (AvgIpc) is 2.74. The number of rotatable bonds is 2. The zero-order chi connectivity index (χ0) is 14.2. The SMILES string of the molecule is Cc1cc(N)n(C(=O)NC2(c3ccccc3)CCC2)n1. The first-order chi connectivity index (χ1) is 9.61. The Labute approximate surface area is 117 Å². The number of amides is 1. The molecular formula is C15H18N4O. The molecule has 1 amide bonds. The van der Waals surface area contributed by atoms with Crippen molar-refractivity contribution in [3.8, 4) is 0 Å². The summed E-state index contributed by atoms with van der Waals surface area (Å²) in [6.07, 6.45) is 3.01. The van der Waals surface area contributed by atoms with Gasteiger partial charge in [0.15, 0.2) is 0 Å². The van der Waals surface area contributed by atoms with E-state index in [0.717, 1.165) is 30.5 Å². The lowest BCUT2D eigenvalue weighted by Crippen LogP contribution is -2.52. The molecule has 0 saturated heterocycles. The molecule has 1 aliphatic rings. The van der Waals surface area contributed by atoms with Crippen molar-refractivity contribution < 1.29 is 4.79 Å². The molecule has 1 fully saturated rings. The number of carbonyl (C=O) groups excluding carboxylic acids is 1. The molecule has 104 valence electrons. The van der Waals surface area contributed by atoms with Crippen LogP contribution in [0.4, 0.5) is 10.6 Å². The van der Waals surface area contributed by atoms with Crippen molar-refractivity contribution in [3.63, 3.8) is 0 Å². The summed E-state index contributed by atoms with van der Waals surface area (Å²) < 4.78 is 1.23. The molecular weight excluding hydrogens is 252 g/mol. The molecule has 3 rings (SSSR count). The van der Waals surface area contributed by atoms with Crippen LogP contribution in [0.2, 0.25) is 0 Å². The number of aromatic nitrogens is 2. The minimum absolute atomic E-state index is 0.265. The summed E-state index contributed by atoms with van der Waals surface area (Å²) in [5.74, 6) is 0.363. The van der Waals surface area contributed by atoms with E-state index in [1.165, 1.54) is 4.68 Å². The topological polar surface area (TPSA) is 72.9 Å². The quantitative estimate of drug-likeness (QED) is 0.880. The van der Waals surface area contributed by atoms with Crippen molar-refractivity contribution in [3.05, 3.63) is 47.7 Å². The summed E-state index contributed by atoms with van der Waals surface area (Å²) in [6.45, 7) is 1.82. The fourth-order valence-corrected chi connectivity index (χ4v) is 2.71. The highest BCUT2D eigenvalue weighted by Gasteiger charge is 2.40. The number of nitrogen functional groups attached to an aromatic ring is 1. The van der Waals surface area contributed by atoms with Crippen molar-refractivity contribution in [2.75, 3.05) is 5.73 Å². The molecule has 1 aromatic carbocycles. The zero-order valence-electron chi connectivity index (χ0n) is 11.5. The van der Waals surface area contributed by atoms with Crippen LogP contribution < -0.4 is 11.1 Å².